The molecule has 1 aromatic carbocycles. The smallest absolute Gasteiger partial charge is 0.338 e. The lowest BCUT2D eigenvalue weighted by Gasteiger charge is -2.04. The molecule has 1 aromatic rings. The third-order valence-electron chi connectivity index (χ3n) is 1.42. The van der Waals surface area contributed by atoms with E-state index < -0.39 is 0 Å². The third-order valence-corrected chi connectivity index (χ3v) is 3.15. The summed E-state index contributed by atoms with van der Waals surface area (Å²) in [4.78, 5) is 11.4. The Labute approximate surface area is 102 Å². The Morgan fingerprint density at radius 3 is 2.92 bits per heavy atom. The molecule has 0 aliphatic carbocycles. The van der Waals surface area contributed by atoms with Crippen molar-refractivity contribution in [1.29, 1.82) is 0 Å². The van der Waals surface area contributed by atoms with Crippen molar-refractivity contribution in [2.75, 3.05) is 6.23 Å². The van der Waals surface area contributed by atoms with Crippen molar-refractivity contribution in [2.45, 2.75) is 0 Å². The van der Waals surface area contributed by atoms with Gasteiger partial charge >= 0.3 is 5.97 Å². The van der Waals surface area contributed by atoms with Crippen molar-refractivity contribution in [1.82, 2.24) is 0 Å². The second-order valence-corrected chi connectivity index (χ2v) is 5.00. The Bertz CT molecular complexity index is 330. The van der Waals surface area contributed by atoms with Crippen LogP contribution in [0.4, 0.5) is 0 Å². The summed E-state index contributed by atoms with van der Waals surface area (Å²) in [5.41, 5.74) is 0.630. The minimum Gasteiger partial charge on any atom is -0.467 e. The number of benzene rings is 1. The van der Waals surface area contributed by atoms with Crippen LogP contribution in [-0.2, 0) is 4.74 Å². The highest BCUT2D eigenvalue weighted by Crippen LogP contribution is 2.18. The maximum Gasteiger partial charge on any atom is 0.338 e. The first-order valence-corrected chi connectivity index (χ1v) is 7.06. The van der Waals surface area contributed by atoms with Gasteiger partial charge in [-0.3, -0.25) is 0 Å². The lowest BCUT2D eigenvalue weighted by molar-refractivity contribution is 0.0572. The number of esters is 1. The Morgan fingerprint density at radius 1 is 1.62 bits per heavy atom. The molecule has 0 unspecified atom stereocenters. The molecule has 2 nitrogen and oxygen atoms in total. The van der Waals surface area contributed by atoms with Crippen LogP contribution in [0.5, 0.6) is 0 Å². The van der Waals surface area contributed by atoms with Gasteiger partial charge in [0.2, 0.25) is 0 Å². The van der Waals surface area contributed by atoms with Crippen molar-refractivity contribution < 1.29 is 9.53 Å². The SMILES string of the molecule is O=C(OC[SiH3])c1cc(Br)ccc1I. The van der Waals surface area contributed by atoms with Gasteiger partial charge in [0.15, 0.2) is 0 Å². The molecule has 0 N–H and O–H groups in total. The monoisotopic (exact) mass is 370 g/mol. The quantitative estimate of drug-likeness (QED) is 0.448. The van der Waals surface area contributed by atoms with E-state index in [1.165, 1.54) is 0 Å². The van der Waals surface area contributed by atoms with Gasteiger partial charge in [-0.25, -0.2) is 4.79 Å². The molecule has 0 amide bonds. The molecule has 0 aliphatic rings. The van der Waals surface area contributed by atoms with Crippen molar-refractivity contribution in [3.63, 3.8) is 0 Å². The molecule has 0 atom stereocenters. The molecule has 0 saturated carbocycles. The Balaban J connectivity index is 2.99. The third kappa shape index (κ3) is 3.06. The Hall–Kier alpha value is 0.117. The summed E-state index contributed by atoms with van der Waals surface area (Å²) >= 11 is 5.43. The molecule has 5 heteroatoms. The highest BCUT2D eigenvalue weighted by atomic mass is 127. The van der Waals surface area contributed by atoms with Crippen LogP contribution in [0.3, 0.4) is 0 Å². The zero-order valence-electron chi connectivity index (χ0n) is 7.01. The van der Waals surface area contributed by atoms with E-state index in [0.29, 0.717) is 11.8 Å². The fraction of sp³-hybridized carbons (Fsp3) is 0.125. The zero-order valence-corrected chi connectivity index (χ0v) is 12.8. The Kier molecular flexibility index (Phi) is 4.40. The molecule has 70 valence electrons. The lowest BCUT2D eigenvalue weighted by atomic mass is 10.2. The van der Waals surface area contributed by atoms with E-state index >= 15 is 0 Å². The molecule has 0 fully saturated rings. The molecule has 0 aromatic heterocycles. The molecule has 0 aliphatic heterocycles. The standard InChI is InChI=1S/C8H8BrIO2Si/c9-5-1-2-7(10)6(3-5)8(11)12-4-13/h1-3H,4H2,13H3. The van der Waals surface area contributed by atoms with Gasteiger partial charge in [0.05, 0.1) is 22.0 Å². The second kappa shape index (κ2) is 5.11. The minimum atomic E-state index is -0.235. The van der Waals surface area contributed by atoms with E-state index in [1.54, 1.807) is 6.07 Å². The van der Waals surface area contributed by atoms with E-state index in [4.69, 9.17) is 4.74 Å². The highest BCUT2D eigenvalue weighted by molar-refractivity contribution is 14.1. The topological polar surface area (TPSA) is 26.3 Å². The predicted octanol–water partition coefficient (Wildman–Crippen LogP) is 1.53. The number of ether oxygens (including phenoxy) is 1. The van der Waals surface area contributed by atoms with Gasteiger partial charge in [0.1, 0.15) is 0 Å². The van der Waals surface area contributed by atoms with E-state index in [9.17, 15) is 4.79 Å². The summed E-state index contributed by atoms with van der Waals surface area (Å²) in [7, 11) is 0.877. The first-order valence-electron chi connectivity index (χ1n) is 3.77. The molecule has 0 saturated heterocycles. The summed E-state index contributed by atoms with van der Waals surface area (Å²) in [6.07, 6.45) is 0.543. The zero-order chi connectivity index (χ0) is 9.84. The summed E-state index contributed by atoms with van der Waals surface area (Å²) in [5.74, 6) is -0.235. The van der Waals surface area contributed by atoms with Gasteiger partial charge < -0.3 is 4.74 Å². The molecule has 0 spiro atoms. The van der Waals surface area contributed by atoms with Gasteiger partial charge in [-0.1, -0.05) is 15.9 Å². The van der Waals surface area contributed by atoms with Crippen LogP contribution in [0.15, 0.2) is 22.7 Å². The molecule has 0 bridgehead atoms. The van der Waals surface area contributed by atoms with E-state index in [2.05, 4.69) is 38.5 Å². The van der Waals surface area contributed by atoms with Gasteiger partial charge in [0.25, 0.3) is 0 Å². The number of rotatable bonds is 2. The maximum atomic E-state index is 11.4. The Morgan fingerprint density at radius 2 is 2.31 bits per heavy atom. The summed E-state index contributed by atoms with van der Waals surface area (Å²) < 4.78 is 6.77. The van der Waals surface area contributed by atoms with Gasteiger partial charge in [0, 0.05) is 8.04 Å². The predicted molar refractivity (Wildman–Crippen MR) is 67.1 cm³/mol. The number of halogens is 2. The summed E-state index contributed by atoms with van der Waals surface area (Å²) in [6, 6.07) is 5.56. The van der Waals surface area contributed by atoms with Crippen molar-refractivity contribution >= 4 is 54.7 Å². The fourth-order valence-electron chi connectivity index (χ4n) is 0.863. The number of carbonyl (C=O) groups is 1. The van der Waals surface area contributed by atoms with Crippen LogP contribution in [0.1, 0.15) is 10.4 Å². The fourth-order valence-corrected chi connectivity index (χ4v) is 2.04. The highest BCUT2D eigenvalue weighted by Gasteiger charge is 2.10. The average molecular weight is 371 g/mol. The van der Waals surface area contributed by atoms with Crippen LogP contribution in [-0.4, -0.2) is 22.4 Å². The molecule has 1 rings (SSSR count). The van der Waals surface area contributed by atoms with Gasteiger partial charge in [-0.2, -0.15) is 0 Å². The van der Waals surface area contributed by atoms with Gasteiger partial charge in [-0.05, 0) is 40.8 Å². The number of hydrogen-bond acceptors (Lipinski definition) is 2. The van der Waals surface area contributed by atoms with Crippen LogP contribution in [0, 0.1) is 3.57 Å². The lowest BCUT2D eigenvalue weighted by Crippen LogP contribution is -2.07. The largest absolute Gasteiger partial charge is 0.467 e. The molecular weight excluding hydrogens is 363 g/mol. The van der Waals surface area contributed by atoms with Crippen LogP contribution in [0.2, 0.25) is 0 Å². The van der Waals surface area contributed by atoms with Crippen molar-refractivity contribution in [3.05, 3.63) is 31.8 Å². The molecular formula is C8H8BrIO2Si. The summed E-state index contributed by atoms with van der Waals surface area (Å²) in [5, 5.41) is 0. The minimum absolute atomic E-state index is 0.235. The van der Waals surface area contributed by atoms with Crippen LogP contribution >= 0.6 is 38.5 Å². The van der Waals surface area contributed by atoms with Gasteiger partial charge in [-0.15, -0.1) is 0 Å². The van der Waals surface area contributed by atoms with Crippen LogP contribution < -0.4 is 0 Å². The second-order valence-electron chi connectivity index (χ2n) is 2.34. The van der Waals surface area contributed by atoms with Crippen LogP contribution in [0.25, 0.3) is 0 Å². The van der Waals surface area contributed by atoms with E-state index in [0.717, 1.165) is 18.3 Å². The molecule has 0 heterocycles. The first-order chi connectivity index (χ1) is 6.15. The van der Waals surface area contributed by atoms with E-state index in [1.807, 2.05) is 12.1 Å². The summed E-state index contributed by atoms with van der Waals surface area (Å²) in [6.45, 7) is 0. The van der Waals surface area contributed by atoms with E-state index in [-0.39, 0.29) is 5.97 Å². The molecule has 13 heavy (non-hydrogen) atoms. The van der Waals surface area contributed by atoms with Crippen molar-refractivity contribution in [2.24, 2.45) is 0 Å². The van der Waals surface area contributed by atoms with Crippen molar-refractivity contribution in [3.8, 4) is 0 Å². The normalized spacial score (nSPS) is 10.0. The number of hydrogen-bond donors (Lipinski definition) is 0. The number of carbonyl (C=O) groups excluding carboxylic acids is 1. The first kappa shape index (κ1) is 11.2. The molecule has 0 radical (unpaired) electrons. The maximum absolute atomic E-state index is 11.4. The average Bonchev–Trinajstić information content (AvgIpc) is 2.09.